The molecule has 3 rings (SSSR count). The van der Waals surface area contributed by atoms with Crippen molar-refractivity contribution in [1.29, 1.82) is 0 Å². The Morgan fingerprint density at radius 1 is 1.44 bits per heavy atom. The molecule has 0 spiro atoms. The van der Waals surface area contributed by atoms with Crippen LogP contribution in [0.1, 0.15) is 48.7 Å². The van der Waals surface area contributed by atoms with Crippen molar-refractivity contribution in [2.24, 2.45) is 0 Å². The highest BCUT2D eigenvalue weighted by Gasteiger charge is 2.43. The Kier molecular flexibility index (Phi) is 3.20. The minimum Gasteiger partial charge on any atom is -0.374 e. The van der Waals surface area contributed by atoms with Crippen LogP contribution >= 0.6 is 11.6 Å². The zero-order valence-electron chi connectivity index (χ0n) is 9.65. The highest BCUT2D eigenvalue weighted by Crippen LogP contribution is 2.43. The normalized spacial score (nSPS) is 30.3. The van der Waals surface area contributed by atoms with Crippen molar-refractivity contribution < 1.29 is 13.5 Å². The molecule has 3 nitrogen and oxygen atoms in total. The van der Waals surface area contributed by atoms with E-state index in [-0.39, 0.29) is 29.7 Å². The summed E-state index contributed by atoms with van der Waals surface area (Å²) >= 11 is 5.61. The van der Waals surface area contributed by atoms with Gasteiger partial charge in [0.25, 0.3) is 6.43 Å². The lowest BCUT2D eigenvalue weighted by atomic mass is 9.88. The minimum absolute atomic E-state index is 0.00712. The Morgan fingerprint density at radius 2 is 2.28 bits per heavy atom. The fraction of sp³-hybridized carbons (Fsp3) is 0.667. The lowest BCUT2D eigenvalue weighted by Gasteiger charge is -2.18. The molecule has 0 radical (unpaired) electrons. The molecule has 98 valence electrons. The highest BCUT2D eigenvalue weighted by atomic mass is 35.5. The highest BCUT2D eigenvalue weighted by molar-refractivity contribution is 6.17. The van der Waals surface area contributed by atoms with Crippen LogP contribution < -0.4 is 0 Å². The largest absolute Gasteiger partial charge is 0.374 e. The molecule has 0 saturated carbocycles. The number of halogens is 3. The first-order chi connectivity index (χ1) is 8.69. The van der Waals surface area contributed by atoms with Gasteiger partial charge in [-0.15, -0.1) is 11.6 Å². The maximum atomic E-state index is 12.9. The molecule has 3 heterocycles. The Balaban J connectivity index is 1.91. The van der Waals surface area contributed by atoms with Crippen LogP contribution in [0.5, 0.6) is 0 Å². The summed E-state index contributed by atoms with van der Waals surface area (Å²) in [5.74, 6) is 0.546. The van der Waals surface area contributed by atoms with Gasteiger partial charge in [-0.2, -0.15) is 0 Å². The maximum absolute atomic E-state index is 12.9. The van der Waals surface area contributed by atoms with E-state index in [1.807, 2.05) is 0 Å². The van der Waals surface area contributed by atoms with E-state index in [9.17, 15) is 8.78 Å². The molecule has 18 heavy (non-hydrogen) atoms. The van der Waals surface area contributed by atoms with Crippen LogP contribution in [-0.4, -0.2) is 22.2 Å². The molecule has 3 unspecified atom stereocenters. The molecule has 1 aromatic heterocycles. The molecule has 2 fully saturated rings. The van der Waals surface area contributed by atoms with Crippen molar-refractivity contribution in [3.63, 3.8) is 0 Å². The second-order valence-electron chi connectivity index (χ2n) is 4.79. The summed E-state index contributed by atoms with van der Waals surface area (Å²) in [6.07, 6.45) is 2.03. The zero-order chi connectivity index (χ0) is 12.7. The number of hydrogen-bond donors (Lipinski definition) is 0. The van der Waals surface area contributed by atoms with Crippen molar-refractivity contribution in [1.82, 2.24) is 9.97 Å². The van der Waals surface area contributed by atoms with Crippen LogP contribution in [-0.2, 0) is 10.6 Å². The topological polar surface area (TPSA) is 35.0 Å². The van der Waals surface area contributed by atoms with Crippen molar-refractivity contribution in [2.75, 3.05) is 0 Å². The van der Waals surface area contributed by atoms with E-state index in [2.05, 4.69) is 9.97 Å². The van der Waals surface area contributed by atoms with Crippen molar-refractivity contribution in [2.45, 2.75) is 49.7 Å². The van der Waals surface area contributed by atoms with E-state index in [4.69, 9.17) is 16.3 Å². The van der Waals surface area contributed by atoms with Gasteiger partial charge in [-0.1, -0.05) is 0 Å². The lowest BCUT2D eigenvalue weighted by molar-refractivity contribution is 0.0995. The van der Waals surface area contributed by atoms with E-state index < -0.39 is 6.43 Å². The predicted molar refractivity (Wildman–Crippen MR) is 61.8 cm³/mol. The summed E-state index contributed by atoms with van der Waals surface area (Å²) in [6.45, 7) is 0. The summed E-state index contributed by atoms with van der Waals surface area (Å²) < 4.78 is 31.5. The standard InChI is InChI=1S/C12H13ClF2N2O/c13-4-6-5-16-12(17-10(6)11(14)15)8-3-7-1-2-9(8)18-7/h5,7-9,11H,1-4H2. The van der Waals surface area contributed by atoms with Gasteiger partial charge in [-0.25, -0.2) is 18.7 Å². The molecule has 0 aliphatic carbocycles. The summed E-state index contributed by atoms with van der Waals surface area (Å²) in [5.41, 5.74) is 0.0669. The number of rotatable bonds is 3. The van der Waals surface area contributed by atoms with Gasteiger partial charge < -0.3 is 4.74 Å². The second kappa shape index (κ2) is 4.70. The number of alkyl halides is 3. The molecular weight excluding hydrogens is 262 g/mol. The maximum Gasteiger partial charge on any atom is 0.280 e. The monoisotopic (exact) mass is 274 g/mol. The number of aromatic nitrogens is 2. The van der Waals surface area contributed by atoms with Crippen LogP contribution in [0.2, 0.25) is 0 Å². The molecule has 1 aromatic rings. The molecular formula is C12H13ClF2N2O. The average molecular weight is 275 g/mol. The average Bonchev–Trinajstić information content (AvgIpc) is 3.00. The van der Waals surface area contributed by atoms with Gasteiger partial charge in [0.2, 0.25) is 0 Å². The third kappa shape index (κ3) is 1.99. The number of ether oxygens (including phenoxy) is 1. The fourth-order valence-corrected chi connectivity index (χ4v) is 3.02. The van der Waals surface area contributed by atoms with Crippen LogP contribution in [0.15, 0.2) is 6.20 Å². The lowest BCUT2D eigenvalue weighted by Crippen LogP contribution is -2.18. The Bertz CT molecular complexity index is 458. The van der Waals surface area contributed by atoms with Gasteiger partial charge in [-0.05, 0) is 19.3 Å². The Hall–Kier alpha value is -0.810. The van der Waals surface area contributed by atoms with Gasteiger partial charge >= 0.3 is 0 Å². The Morgan fingerprint density at radius 3 is 2.83 bits per heavy atom. The number of fused-ring (bicyclic) bond motifs is 2. The van der Waals surface area contributed by atoms with Gasteiger partial charge in [0.1, 0.15) is 11.5 Å². The molecule has 6 heteroatoms. The van der Waals surface area contributed by atoms with Gasteiger partial charge in [0, 0.05) is 17.7 Å². The first-order valence-electron chi connectivity index (χ1n) is 6.04. The van der Waals surface area contributed by atoms with Crippen LogP contribution in [0.25, 0.3) is 0 Å². The summed E-state index contributed by atoms with van der Waals surface area (Å²) in [6, 6.07) is 0. The summed E-state index contributed by atoms with van der Waals surface area (Å²) in [5, 5.41) is 0. The smallest absolute Gasteiger partial charge is 0.280 e. The number of nitrogens with zero attached hydrogens (tertiary/aromatic N) is 2. The van der Waals surface area contributed by atoms with Gasteiger partial charge in [0.15, 0.2) is 0 Å². The van der Waals surface area contributed by atoms with E-state index in [0.717, 1.165) is 19.3 Å². The second-order valence-corrected chi connectivity index (χ2v) is 5.06. The van der Waals surface area contributed by atoms with Crippen LogP contribution in [0.3, 0.4) is 0 Å². The summed E-state index contributed by atoms with van der Waals surface area (Å²) in [7, 11) is 0. The van der Waals surface area contributed by atoms with Gasteiger partial charge in [0.05, 0.1) is 18.1 Å². The molecule has 0 amide bonds. The van der Waals surface area contributed by atoms with E-state index >= 15 is 0 Å². The van der Waals surface area contributed by atoms with E-state index in [0.29, 0.717) is 11.4 Å². The summed E-state index contributed by atoms with van der Waals surface area (Å²) in [4.78, 5) is 8.20. The first-order valence-corrected chi connectivity index (χ1v) is 6.57. The number of hydrogen-bond acceptors (Lipinski definition) is 3. The molecule has 2 saturated heterocycles. The SMILES string of the molecule is FC(F)c1nc(C2CC3CCC2O3)ncc1CCl. The Labute approximate surface area is 109 Å². The van der Waals surface area contributed by atoms with Gasteiger partial charge in [-0.3, -0.25) is 0 Å². The third-order valence-corrected chi connectivity index (χ3v) is 3.99. The van der Waals surface area contributed by atoms with Crippen LogP contribution in [0.4, 0.5) is 8.78 Å². The molecule has 2 aliphatic heterocycles. The fourth-order valence-electron chi connectivity index (χ4n) is 2.81. The van der Waals surface area contributed by atoms with E-state index in [1.54, 1.807) is 0 Å². The molecule has 2 bridgehead atoms. The quantitative estimate of drug-likeness (QED) is 0.794. The zero-order valence-corrected chi connectivity index (χ0v) is 10.4. The van der Waals surface area contributed by atoms with Crippen LogP contribution in [0, 0.1) is 0 Å². The minimum atomic E-state index is -2.61. The molecule has 0 N–H and O–H groups in total. The predicted octanol–water partition coefficient (Wildman–Crippen LogP) is 3.19. The molecule has 3 atom stereocenters. The van der Waals surface area contributed by atoms with Crippen molar-refractivity contribution in [3.05, 3.63) is 23.3 Å². The van der Waals surface area contributed by atoms with Crippen molar-refractivity contribution >= 4 is 11.6 Å². The molecule has 0 aromatic carbocycles. The van der Waals surface area contributed by atoms with E-state index in [1.165, 1.54) is 6.20 Å². The first kappa shape index (κ1) is 12.2. The third-order valence-electron chi connectivity index (χ3n) is 3.70. The molecule has 2 aliphatic rings. The van der Waals surface area contributed by atoms with Crippen molar-refractivity contribution in [3.8, 4) is 0 Å².